The Morgan fingerprint density at radius 3 is 2.62 bits per heavy atom. The van der Waals surface area contributed by atoms with Crippen molar-refractivity contribution < 1.29 is 19.4 Å². The second kappa shape index (κ2) is 11.8. The van der Waals surface area contributed by atoms with Gasteiger partial charge >= 0.3 is 0 Å². The number of carbonyl (C=O) groups is 1. The molecule has 1 atom stereocenters. The number of ether oxygens (including phenoxy) is 2. The first-order chi connectivity index (χ1) is 19.0. The van der Waals surface area contributed by atoms with Crippen molar-refractivity contribution in [3.05, 3.63) is 94.1 Å². The lowest BCUT2D eigenvalue weighted by molar-refractivity contribution is 0.0730. The minimum atomic E-state index is -0.479. The number of methoxy groups -OCH3 is 1. The maximum atomic E-state index is 13.7. The number of nitrogens with one attached hydrogen (secondary N) is 1. The van der Waals surface area contributed by atoms with E-state index in [1.54, 1.807) is 19.2 Å². The largest absolute Gasteiger partial charge is 0.507 e. The van der Waals surface area contributed by atoms with Gasteiger partial charge in [-0.15, -0.1) is 0 Å². The number of halogens is 1. The molecule has 1 aliphatic rings. The Morgan fingerprint density at radius 1 is 1.03 bits per heavy atom. The Kier molecular flexibility index (Phi) is 8.07. The Bertz CT molecular complexity index is 1450. The lowest BCUT2D eigenvalue weighted by Gasteiger charge is -2.27. The number of benzene rings is 3. The number of carbonyl (C=O) groups excluding carboxylic acids is 1. The molecule has 1 unspecified atom stereocenters. The standard InChI is InChI=1S/C31H32ClN3O4/c1-3-4-5-9-16-39-25-15-12-21(17-26(25)38-2)30-27-28(23-18-22(32)13-14-24(23)36)33-34-29(27)31(37)35(30)19-20-10-7-6-8-11-20/h6-8,10-15,17-18,30,36H,3-5,9,16,19H2,1-2H3,(H,33,34). The molecule has 39 heavy (non-hydrogen) atoms. The van der Waals surface area contributed by atoms with Crippen molar-refractivity contribution in [1.82, 2.24) is 15.1 Å². The van der Waals surface area contributed by atoms with E-state index in [1.807, 2.05) is 53.4 Å². The zero-order chi connectivity index (χ0) is 27.4. The monoisotopic (exact) mass is 545 g/mol. The summed E-state index contributed by atoms with van der Waals surface area (Å²) in [5.74, 6) is 1.12. The van der Waals surface area contributed by atoms with Crippen molar-refractivity contribution in [2.75, 3.05) is 13.7 Å². The first-order valence-electron chi connectivity index (χ1n) is 13.2. The molecule has 202 valence electrons. The summed E-state index contributed by atoms with van der Waals surface area (Å²) in [4.78, 5) is 15.5. The van der Waals surface area contributed by atoms with E-state index in [0.717, 1.165) is 24.0 Å². The molecule has 1 aromatic heterocycles. The summed E-state index contributed by atoms with van der Waals surface area (Å²) in [6, 6.07) is 19.9. The van der Waals surface area contributed by atoms with E-state index >= 15 is 0 Å². The molecule has 0 saturated carbocycles. The van der Waals surface area contributed by atoms with E-state index < -0.39 is 6.04 Å². The maximum Gasteiger partial charge on any atom is 0.273 e. The molecule has 0 aliphatic carbocycles. The van der Waals surface area contributed by atoms with Gasteiger partial charge in [0.25, 0.3) is 5.91 Å². The van der Waals surface area contributed by atoms with Crippen LogP contribution in [0.3, 0.4) is 0 Å². The average Bonchev–Trinajstić information content (AvgIpc) is 3.49. The lowest BCUT2D eigenvalue weighted by atomic mass is 9.95. The van der Waals surface area contributed by atoms with E-state index in [4.69, 9.17) is 21.1 Å². The van der Waals surface area contributed by atoms with Crippen molar-refractivity contribution in [2.24, 2.45) is 0 Å². The number of amides is 1. The second-order valence-corrected chi connectivity index (χ2v) is 10.1. The molecule has 8 heteroatoms. The van der Waals surface area contributed by atoms with Crippen LogP contribution in [0, 0.1) is 0 Å². The van der Waals surface area contributed by atoms with Crippen LogP contribution >= 0.6 is 11.6 Å². The Labute approximate surface area is 233 Å². The number of H-pyrrole nitrogens is 1. The van der Waals surface area contributed by atoms with Crippen LogP contribution in [0.2, 0.25) is 5.02 Å². The van der Waals surface area contributed by atoms with E-state index in [9.17, 15) is 9.90 Å². The van der Waals surface area contributed by atoms with E-state index in [0.29, 0.717) is 52.2 Å². The van der Waals surface area contributed by atoms with Crippen molar-refractivity contribution in [3.63, 3.8) is 0 Å². The first kappa shape index (κ1) is 26.6. The molecule has 2 N–H and O–H groups in total. The highest BCUT2D eigenvalue weighted by molar-refractivity contribution is 6.31. The summed E-state index contributed by atoms with van der Waals surface area (Å²) >= 11 is 6.27. The van der Waals surface area contributed by atoms with Crippen LogP contribution in [0.25, 0.3) is 11.3 Å². The van der Waals surface area contributed by atoms with Crippen molar-refractivity contribution in [1.29, 1.82) is 0 Å². The number of aromatic hydroxyl groups is 1. The summed E-state index contributed by atoms with van der Waals surface area (Å²) in [5, 5.41) is 18.5. The number of aromatic amines is 1. The minimum Gasteiger partial charge on any atom is -0.507 e. The molecule has 0 bridgehead atoms. The van der Waals surface area contributed by atoms with Crippen LogP contribution in [0.15, 0.2) is 66.7 Å². The molecular formula is C31H32ClN3O4. The van der Waals surface area contributed by atoms with Gasteiger partial charge in [-0.1, -0.05) is 74.2 Å². The van der Waals surface area contributed by atoms with Crippen LogP contribution < -0.4 is 9.47 Å². The number of phenols is 1. The summed E-state index contributed by atoms with van der Waals surface area (Å²) in [7, 11) is 1.61. The highest BCUT2D eigenvalue weighted by Crippen LogP contribution is 2.46. The van der Waals surface area contributed by atoms with Gasteiger partial charge in [0.2, 0.25) is 0 Å². The third-order valence-corrected chi connectivity index (χ3v) is 7.27. The minimum absolute atomic E-state index is 0.0332. The van der Waals surface area contributed by atoms with Gasteiger partial charge in [0.1, 0.15) is 17.1 Å². The maximum absolute atomic E-state index is 13.7. The molecule has 4 aromatic rings. The molecule has 2 heterocycles. The van der Waals surface area contributed by atoms with Crippen molar-refractivity contribution >= 4 is 17.5 Å². The lowest BCUT2D eigenvalue weighted by Crippen LogP contribution is -2.29. The number of rotatable bonds is 11. The zero-order valence-electron chi connectivity index (χ0n) is 22.1. The Morgan fingerprint density at radius 2 is 1.85 bits per heavy atom. The topological polar surface area (TPSA) is 87.7 Å². The van der Waals surface area contributed by atoms with Gasteiger partial charge in [0, 0.05) is 22.7 Å². The molecule has 3 aromatic carbocycles. The van der Waals surface area contributed by atoms with Gasteiger partial charge < -0.3 is 19.5 Å². The van der Waals surface area contributed by atoms with Gasteiger partial charge in [-0.3, -0.25) is 9.89 Å². The van der Waals surface area contributed by atoms with Gasteiger partial charge in [-0.2, -0.15) is 5.10 Å². The Hall–Kier alpha value is -3.97. The summed E-state index contributed by atoms with van der Waals surface area (Å²) in [5.41, 5.74) is 3.86. The quantitative estimate of drug-likeness (QED) is 0.195. The number of phenolic OH excluding ortho intramolecular Hbond substituents is 1. The van der Waals surface area contributed by atoms with E-state index in [2.05, 4.69) is 17.1 Å². The molecule has 1 aliphatic heterocycles. The van der Waals surface area contributed by atoms with Crippen LogP contribution in [0.4, 0.5) is 0 Å². The molecule has 0 saturated heterocycles. The van der Waals surface area contributed by atoms with Gasteiger partial charge in [0.05, 0.1) is 19.8 Å². The molecule has 0 spiro atoms. The number of unbranched alkanes of at least 4 members (excludes halogenated alkanes) is 3. The Balaban J connectivity index is 1.56. The summed E-state index contributed by atoms with van der Waals surface area (Å²) in [6.45, 7) is 3.19. The third kappa shape index (κ3) is 5.45. The summed E-state index contributed by atoms with van der Waals surface area (Å²) in [6.07, 6.45) is 4.45. The van der Waals surface area contributed by atoms with Crippen LogP contribution in [-0.4, -0.2) is 39.8 Å². The van der Waals surface area contributed by atoms with Gasteiger partial charge in [0.15, 0.2) is 11.5 Å². The first-order valence-corrected chi connectivity index (χ1v) is 13.6. The normalized spacial score (nSPS) is 14.5. The molecule has 1 amide bonds. The predicted octanol–water partition coefficient (Wildman–Crippen LogP) is 7.15. The predicted molar refractivity (Wildman–Crippen MR) is 151 cm³/mol. The van der Waals surface area contributed by atoms with E-state index in [-0.39, 0.29) is 11.7 Å². The molecule has 5 rings (SSSR count). The zero-order valence-corrected chi connectivity index (χ0v) is 22.9. The van der Waals surface area contributed by atoms with E-state index in [1.165, 1.54) is 18.9 Å². The average molecular weight is 546 g/mol. The third-order valence-electron chi connectivity index (χ3n) is 7.03. The molecule has 0 radical (unpaired) electrons. The van der Waals surface area contributed by atoms with Crippen LogP contribution in [0.5, 0.6) is 17.2 Å². The van der Waals surface area contributed by atoms with Crippen molar-refractivity contribution in [2.45, 2.75) is 45.2 Å². The number of aromatic nitrogens is 2. The van der Waals surface area contributed by atoms with Crippen LogP contribution in [-0.2, 0) is 6.54 Å². The number of hydrogen-bond acceptors (Lipinski definition) is 5. The molecule has 0 fully saturated rings. The van der Waals surface area contributed by atoms with Crippen LogP contribution in [0.1, 0.15) is 65.8 Å². The van der Waals surface area contributed by atoms with Gasteiger partial charge in [-0.05, 0) is 47.9 Å². The van der Waals surface area contributed by atoms with Gasteiger partial charge in [-0.25, -0.2) is 0 Å². The number of nitrogens with zero attached hydrogens (tertiary/aromatic N) is 2. The fourth-order valence-corrected chi connectivity index (χ4v) is 5.25. The fourth-order valence-electron chi connectivity index (χ4n) is 5.07. The highest BCUT2D eigenvalue weighted by Gasteiger charge is 2.42. The number of hydrogen-bond donors (Lipinski definition) is 2. The smallest absolute Gasteiger partial charge is 0.273 e. The summed E-state index contributed by atoms with van der Waals surface area (Å²) < 4.78 is 11.8. The molecule has 7 nitrogen and oxygen atoms in total. The SMILES string of the molecule is CCCCCCOc1ccc(C2c3c(-c4cc(Cl)ccc4O)n[nH]c3C(=O)N2Cc2ccccc2)cc1OC. The molecular weight excluding hydrogens is 514 g/mol. The second-order valence-electron chi connectivity index (χ2n) is 9.66. The van der Waals surface area contributed by atoms with Crippen molar-refractivity contribution in [3.8, 4) is 28.5 Å². The fraction of sp³-hybridized carbons (Fsp3) is 0.290. The number of fused-ring (bicyclic) bond motifs is 1. The highest BCUT2D eigenvalue weighted by atomic mass is 35.5.